The highest BCUT2D eigenvalue weighted by Crippen LogP contribution is 2.22. The van der Waals surface area contributed by atoms with Crippen molar-refractivity contribution < 1.29 is 24.5 Å². The second-order valence-corrected chi connectivity index (χ2v) is 4.99. The Hall–Kier alpha value is -3.09. The lowest BCUT2D eigenvalue weighted by Gasteiger charge is -2.14. The number of hydrogen-bond acceptors (Lipinski definition) is 5. The summed E-state index contributed by atoms with van der Waals surface area (Å²) in [5.74, 6) is -2.11. The number of esters is 1. The number of aromatic carboxylic acids is 1. The highest BCUT2D eigenvalue weighted by molar-refractivity contribution is 5.98. The van der Waals surface area contributed by atoms with Gasteiger partial charge in [-0.15, -0.1) is 0 Å². The van der Waals surface area contributed by atoms with Crippen LogP contribution >= 0.6 is 0 Å². The highest BCUT2D eigenvalue weighted by Gasteiger charge is 2.19. The van der Waals surface area contributed by atoms with Crippen molar-refractivity contribution in [3.05, 3.63) is 57.0 Å². The SMILES string of the molecule is COC(=O)c1cc(-n2c(C)cc(O)cc2=O)cc(C(=O)O)c1C. The molecule has 2 aromatic rings. The number of hydrogen-bond donors (Lipinski definition) is 2. The summed E-state index contributed by atoms with van der Waals surface area (Å²) in [7, 11) is 1.19. The monoisotopic (exact) mass is 317 g/mol. The summed E-state index contributed by atoms with van der Waals surface area (Å²) in [6.45, 7) is 3.07. The molecule has 0 aliphatic rings. The zero-order valence-electron chi connectivity index (χ0n) is 12.8. The van der Waals surface area contributed by atoms with Gasteiger partial charge in [0.1, 0.15) is 5.75 Å². The van der Waals surface area contributed by atoms with Gasteiger partial charge in [-0.05, 0) is 37.6 Å². The zero-order valence-corrected chi connectivity index (χ0v) is 12.8. The molecule has 0 atom stereocenters. The minimum absolute atomic E-state index is 0.0572. The molecule has 1 aromatic carbocycles. The number of aryl methyl sites for hydroxylation is 1. The van der Waals surface area contributed by atoms with Crippen molar-refractivity contribution in [3.8, 4) is 11.4 Å². The Morgan fingerprint density at radius 3 is 2.22 bits per heavy atom. The van der Waals surface area contributed by atoms with Gasteiger partial charge in [-0.3, -0.25) is 9.36 Å². The molecule has 0 spiro atoms. The fourth-order valence-electron chi connectivity index (χ4n) is 2.39. The summed E-state index contributed by atoms with van der Waals surface area (Å²) in [4.78, 5) is 35.4. The van der Waals surface area contributed by atoms with E-state index in [1.165, 1.54) is 36.8 Å². The maximum atomic E-state index is 12.1. The van der Waals surface area contributed by atoms with Crippen molar-refractivity contribution in [2.24, 2.45) is 0 Å². The summed E-state index contributed by atoms with van der Waals surface area (Å²) in [6.07, 6.45) is 0. The van der Waals surface area contributed by atoms with E-state index in [4.69, 9.17) is 0 Å². The number of carbonyl (C=O) groups excluding carboxylic acids is 1. The van der Waals surface area contributed by atoms with Crippen LogP contribution in [0.3, 0.4) is 0 Å². The number of aromatic hydroxyl groups is 1. The van der Waals surface area contributed by atoms with E-state index in [0.717, 1.165) is 6.07 Å². The molecular formula is C16H15NO6. The lowest BCUT2D eigenvalue weighted by Crippen LogP contribution is -2.21. The highest BCUT2D eigenvalue weighted by atomic mass is 16.5. The summed E-state index contributed by atoms with van der Waals surface area (Å²) in [5.41, 5.74) is 0.252. The Morgan fingerprint density at radius 2 is 1.70 bits per heavy atom. The number of aromatic nitrogens is 1. The number of pyridine rings is 1. The molecule has 2 rings (SSSR count). The van der Waals surface area contributed by atoms with Crippen LogP contribution in [0, 0.1) is 13.8 Å². The average molecular weight is 317 g/mol. The molecule has 0 unspecified atom stereocenters. The Labute approximate surface area is 131 Å². The maximum absolute atomic E-state index is 12.1. The lowest BCUT2D eigenvalue weighted by molar-refractivity contribution is 0.0600. The van der Waals surface area contributed by atoms with Crippen molar-refractivity contribution in [2.75, 3.05) is 7.11 Å². The molecule has 0 bridgehead atoms. The molecule has 0 aliphatic heterocycles. The van der Waals surface area contributed by atoms with E-state index in [-0.39, 0.29) is 28.1 Å². The largest absolute Gasteiger partial charge is 0.508 e. The number of ether oxygens (including phenoxy) is 1. The lowest BCUT2D eigenvalue weighted by atomic mass is 10.0. The first-order valence-electron chi connectivity index (χ1n) is 6.65. The van der Waals surface area contributed by atoms with Crippen molar-refractivity contribution in [3.63, 3.8) is 0 Å². The van der Waals surface area contributed by atoms with Crippen molar-refractivity contribution in [2.45, 2.75) is 13.8 Å². The first kappa shape index (κ1) is 16.3. The van der Waals surface area contributed by atoms with Gasteiger partial charge in [0, 0.05) is 11.8 Å². The number of nitrogens with zero attached hydrogens (tertiary/aromatic N) is 1. The molecule has 0 saturated heterocycles. The molecule has 0 amide bonds. The van der Waals surface area contributed by atoms with Crippen LogP contribution in [0.2, 0.25) is 0 Å². The fraction of sp³-hybridized carbons (Fsp3) is 0.188. The molecule has 0 saturated carbocycles. The number of carboxylic acid groups (broad SMARTS) is 1. The molecule has 1 heterocycles. The van der Waals surface area contributed by atoms with Gasteiger partial charge in [0.05, 0.1) is 23.9 Å². The smallest absolute Gasteiger partial charge is 0.338 e. The molecule has 0 aliphatic carbocycles. The van der Waals surface area contributed by atoms with Crippen molar-refractivity contribution in [1.82, 2.24) is 4.57 Å². The van der Waals surface area contributed by atoms with Crippen LogP contribution in [0.1, 0.15) is 32.0 Å². The quantitative estimate of drug-likeness (QED) is 0.834. The van der Waals surface area contributed by atoms with E-state index in [9.17, 15) is 24.6 Å². The van der Waals surface area contributed by atoms with E-state index in [2.05, 4.69) is 4.74 Å². The third-order valence-electron chi connectivity index (χ3n) is 3.49. The minimum Gasteiger partial charge on any atom is -0.508 e. The summed E-state index contributed by atoms with van der Waals surface area (Å²) in [5, 5.41) is 18.8. The fourth-order valence-corrected chi connectivity index (χ4v) is 2.39. The third kappa shape index (κ3) is 2.94. The number of carbonyl (C=O) groups is 2. The molecule has 7 heteroatoms. The zero-order chi connectivity index (χ0) is 17.3. The predicted molar refractivity (Wildman–Crippen MR) is 81.5 cm³/mol. The number of rotatable bonds is 3. The van der Waals surface area contributed by atoms with Crippen molar-refractivity contribution in [1.29, 1.82) is 0 Å². The second-order valence-electron chi connectivity index (χ2n) is 4.99. The first-order valence-corrected chi connectivity index (χ1v) is 6.65. The van der Waals surface area contributed by atoms with Gasteiger partial charge >= 0.3 is 11.9 Å². The van der Waals surface area contributed by atoms with Crippen molar-refractivity contribution >= 4 is 11.9 Å². The van der Waals surface area contributed by atoms with E-state index in [0.29, 0.717) is 5.69 Å². The third-order valence-corrected chi connectivity index (χ3v) is 3.49. The van der Waals surface area contributed by atoms with Crippen LogP contribution in [-0.4, -0.2) is 33.8 Å². The molecular weight excluding hydrogens is 302 g/mol. The number of benzene rings is 1. The van der Waals surface area contributed by atoms with Crippen LogP contribution in [-0.2, 0) is 4.74 Å². The number of methoxy groups -OCH3 is 1. The Bertz CT molecular complexity index is 866. The molecule has 23 heavy (non-hydrogen) atoms. The molecule has 0 fully saturated rings. The van der Waals surface area contributed by atoms with Gasteiger partial charge in [0.25, 0.3) is 5.56 Å². The van der Waals surface area contributed by atoms with Gasteiger partial charge in [-0.25, -0.2) is 9.59 Å². The van der Waals surface area contributed by atoms with Gasteiger partial charge < -0.3 is 14.9 Å². The van der Waals surface area contributed by atoms with Crippen LogP contribution in [0.5, 0.6) is 5.75 Å². The molecule has 0 radical (unpaired) electrons. The summed E-state index contributed by atoms with van der Waals surface area (Å²) >= 11 is 0. The summed E-state index contributed by atoms with van der Waals surface area (Å²) in [6, 6.07) is 5.05. The number of carboxylic acids is 1. The summed E-state index contributed by atoms with van der Waals surface area (Å²) < 4.78 is 5.87. The van der Waals surface area contributed by atoms with Gasteiger partial charge in [0.15, 0.2) is 0 Å². The van der Waals surface area contributed by atoms with Crippen LogP contribution in [0.4, 0.5) is 0 Å². The van der Waals surface area contributed by atoms with Crippen LogP contribution < -0.4 is 5.56 Å². The minimum atomic E-state index is -1.22. The Balaban J connectivity index is 2.84. The van der Waals surface area contributed by atoms with Crippen LogP contribution in [0.25, 0.3) is 5.69 Å². The second kappa shape index (κ2) is 5.96. The molecule has 7 nitrogen and oxygen atoms in total. The normalized spacial score (nSPS) is 10.4. The van der Waals surface area contributed by atoms with E-state index < -0.39 is 17.5 Å². The maximum Gasteiger partial charge on any atom is 0.338 e. The van der Waals surface area contributed by atoms with Gasteiger partial charge in [-0.2, -0.15) is 0 Å². The molecule has 2 N–H and O–H groups in total. The predicted octanol–water partition coefficient (Wildman–Crippen LogP) is 1.64. The standard InChI is InChI=1S/C16H15NO6/c1-8-4-11(18)7-14(19)17(8)10-5-12(15(20)21)9(2)13(6-10)16(22)23-3/h4-7,18H,1-3H3,(H,20,21). The van der Waals surface area contributed by atoms with E-state index >= 15 is 0 Å². The van der Waals surface area contributed by atoms with Crippen LogP contribution in [0.15, 0.2) is 29.1 Å². The van der Waals surface area contributed by atoms with E-state index in [1.54, 1.807) is 6.92 Å². The topological polar surface area (TPSA) is 106 Å². The molecule has 120 valence electrons. The van der Waals surface area contributed by atoms with E-state index in [1.807, 2.05) is 0 Å². The van der Waals surface area contributed by atoms with Gasteiger partial charge in [0.2, 0.25) is 0 Å². The first-order chi connectivity index (χ1) is 10.8. The average Bonchev–Trinajstić information content (AvgIpc) is 2.46. The molecule has 1 aromatic heterocycles. The Kier molecular flexibility index (Phi) is 4.22. The Morgan fingerprint density at radius 1 is 1.09 bits per heavy atom. The van der Waals surface area contributed by atoms with Gasteiger partial charge in [-0.1, -0.05) is 0 Å².